The first-order valence-corrected chi connectivity index (χ1v) is 10.8. The van der Waals surface area contributed by atoms with E-state index in [-0.39, 0.29) is 6.42 Å². The number of allylic oxidation sites excluding steroid dienone is 2. The van der Waals surface area contributed by atoms with E-state index in [4.69, 9.17) is 9.84 Å². The number of carboxylic acid groups (broad SMARTS) is 1. The number of hydrogen-bond acceptors (Lipinski definition) is 3. The van der Waals surface area contributed by atoms with Crippen LogP contribution < -0.4 is 0 Å². The topological polar surface area (TPSA) is 46.5 Å². The highest BCUT2D eigenvalue weighted by Gasteiger charge is 2.47. The standard InChI is InChI=1S/C20H32O3S/c21-20(22)11-7-2-1-6-10-16-17(19-13-12-18(16)24-19)14-23-15-8-4-3-5-9-15/h1,6,15-19H,2-5,7-14H2,(H,21,22)/b6-1-/t16-,17+,18-,19+/m1/s1. The molecule has 0 aromatic carbocycles. The zero-order chi connectivity index (χ0) is 16.8. The summed E-state index contributed by atoms with van der Waals surface area (Å²) in [5, 5.41) is 10.3. The molecular weight excluding hydrogens is 320 g/mol. The maximum atomic E-state index is 10.5. The van der Waals surface area contributed by atoms with Crippen LogP contribution in [0, 0.1) is 11.8 Å². The lowest BCUT2D eigenvalue weighted by Crippen LogP contribution is -2.32. The lowest BCUT2D eigenvalue weighted by molar-refractivity contribution is -0.137. The molecule has 0 spiro atoms. The molecule has 0 radical (unpaired) electrons. The van der Waals surface area contributed by atoms with Crippen LogP contribution in [0.5, 0.6) is 0 Å². The Morgan fingerprint density at radius 2 is 1.79 bits per heavy atom. The molecule has 2 bridgehead atoms. The first kappa shape index (κ1) is 18.3. The molecule has 0 aromatic heterocycles. The molecule has 3 fully saturated rings. The Morgan fingerprint density at radius 3 is 2.54 bits per heavy atom. The van der Waals surface area contributed by atoms with Crippen molar-refractivity contribution < 1.29 is 14.6 Å². The van der Waals surface area contributed by atoms with Crippen LogP contribution in [0.2, 0.25) is 0 Å². The smallest absolute Gasteiger partial charge is 0.303 e. The maximum Gasteiger partial charge on any atom is 0.303 e. The third kappa shape index (κ3) is 5.01. The zero-order valence-corrected chi connectivity index (χ0v) is 15.5. The van der Waals surface area contributed by atoms with Crippen LogP contribution in [-0.4, -0.2) is 34.3 Å². The molecule has 1 N–H and O–H groups in total. The Balaban J connectivity index is 1.42. The second-order valence-corrected chi connectivity index (χ2v) is 9.19. The van der Waals surface area contributed by atoms with Gasteiger partial charge < -0.3 is 9.84 Å². The molecule has 2 saturated heterocycles. The van der Waals surface area contributed by atoms with Crippen molar-refractivity contribution >= 4 is 17.7 Å². The van der Waals surface area contributed by atoms with Crippen molar-refractivity contribution in [2.24, 2.45) is 11.8 Å². The lowest BCUT2D eigenvalue weighted by atomic mass is 9.78. The number of fused-ring (bicyclic) bond motifs is 2. The number of rotatable bonds is 9. The van der Waals surface area contributed by atoms with E-state index in [1.54, 1.807) is 0 Å². The third-order valence-corrected chi connectivity index (χ3v) is 7.87. The largest absolute Gasteiger partial charge is 0.481 e. The van der Waals surface area contributed by atoms with E-state index in [9.17, 15) is 4.79 Å². The van der Waals surface area contributed by atoms with Gasteiger partial charge >= 0.3 is 5.97 Å². The van der Waals surface area contributed by atoms with Crippen molar-refractivity contribution in [1.82, 2.24) is 0 Å². The summed E-state index contributed by atoms with van der Waals surface area (Å²) in [6, 6.07) is 0. The minimum Gasteiger partial charge on any atom is -0.481 e. The average molecular weight is 353 g/mol. The molecule has 2 aliphatic heterocycles. The predicted molar refractivity (Wildman–Crippen MR) is 99.4 cm³/mol. The van der Waals surface area contributed by atoms with Gasteiger partial charge in [0.15, 0.2) is 0 Å². The summed E-state index contributed by atoms with van der Waals surface area (Å²) < 4.78 is 6.32. The number of thioether (sulfide) groups is 1. The van der Waals surface area contributed by atoms with Crippen LogP contribution in [0.3, 0.4) is 0 Å². The van der Waals surface area contributed by atoms with E-state index in [1.807, 2.05) is 0 Å². The van der Waals surface area contributed by atoms with E-state index in [2.05, 4.69) is 23.9 Å². The number of ether oxygens (including phenoxy) is 1. The molecule has 24 heavy (non-hydrogen) atoms. The molecule has 0 amide bonds. The summed E-state index contributed by atoms with van der Waals surface area (Å²) in [7, 11) is 0. The number of unbranched alkanes of at least 4 members (excludes halogenated alkanes) is 1. The second kappa shape index (κ2) is 9.28. The molecule has 136 valence electrons. The first-order valence-electron chi connectivity index (χ1n) is 9.88. The highest BCUT2D eigenvalue weighted by Crippen LogP contribution is 2.54. The maximum absolute atomic E-state index is 10.5. The number of carboxylic acids is 1. The van der Waals surface area contributed by atoms with Crippen molar-refractivity contribution in [1.29, 1.82) is 0 Å². The van der Waals surface area contributed by atoms with E-state index in [0.29, 0.717) is 6.10 Å². The van der Waals surface area contributed by atoms with Gasteiger partial charge in [0.05, 0.1) is 12.7 Å². The number of hydrogen-bond donors (Lipinski definition) is 1. The third-order valence-electron chi connectivity index (χ3n) is 6.00. The minimum atomic E-state index is -0.687. The second-order valence-electron chi connectivity index (χ2n) is 7.70. The van der Waals surface area contributed by atoms with Gasteiger partial charge in [-0.15, -0.1) is 0 Å². The van der Waals surface area contributed by atoms with Crippen molar-refractivity contribution in [3.8, 4) is 0 Å². The molecule has 4 atom stereocenters. The molecule has 1 aliphatic carbocycles. The molecule has 3 nitrogen and oxygen atoms in total. The predicted octanol–water partition coefficient (Wildman–Crippen LogP) is 5.05. The lowest BCUT2D eigenvalue weighted by Gasteiger charge is -2.31. The van der Waals surface area contributed by atoms with Crippen LogP contribution in [-0.2, 0) is 9.53 Å². The summed E-state index contributed by atoms with van der Waals surface area (Å²) >= 11 is 2.21. The van der Waals surface area contributed by atoms with Gasteiger partial charge in [-0.2, -0.15) is 11.8 Å². The van der Waals surface area contributed by atoms with Crippen LogP contribution >= 0.6 is 11.8 Å². The Labute approximate surface area is 150 Å². The number of aliphatic carboxylic acids is 1. The Morgan fingerprint density at radius 1 is 1.04 bits per heavy atom. The van der Waals surface area contributed by atoms with Gasteiger partial charge in [0.2, 0.25) is 0 Å². The Hall–Kier alpha value is -0.480. The highest BCUT2D eigenvalue weighted by molar-refractivity contribution is 8.01. The molecule has 3 aliphatic rings. The summed E-state index contributed by atoms with van der Waals surface area (Å²) in [6.45, 7) is 0.969. The Kier molecular flexibility index (Phi) is 7.08. The minimum absolute atomic E-state index is 0.284. The zero-order valence-electron chi connectivity index (χ0n) is 14.7. The number of carbonyl (C=O) groups is 1. The van der Waals surface area contributed by atoms with Gasteiger partial charge in [0.25, 0.3) is 0 Å². The van der Waals surface area contributed by atoms with Crippen molar-refractivity contribution in [2.45, 2.75) is 87.2 Å². The summed E-state index contributed by atoms with van der Waals surface area (Å²) in [5.74, 6) is 0.820. The van der Waals surface area contributed by atoms with E-state index in [1.165, 1.54) is 44.9 Å². The van der Waals surface area contributed by atoms with Crippen LogP contribution in [0.15, 0.2) is 12.2 Å². The van der Waals surface area contributed by atoms with Gasteiger partial charge in [0, 0.05) is 16.9 Å². The van der Waals surface area contributed by atoms with Gasteiger partial charge in [-0.05, 0) is 56.8 Å². The fourth-order valence-corrected chi connectivity index (χ4v) is 6.64. The SMILES string of the molecule is O=C(O)CCC/C=C\C[C@@H]1[C@H](COC2CCCCC2)[C@@H]2CC[C@H]1S2. The molecule has 3 rings (SSSR count). The van der Waals surface area contributed by atoms with Gasteiger partial charge in [-0.3, -0.25) is 4.79 Å². The van der Waals surface area contributed by atoms with Crippen LogP contribution in [0.25, 0.3) is 0 Å². The van der Waals surface area contributed by atoms with Gasteiger partial charge in [-0.1, -0.05) is 31.4 Å². The summed E-state index contributed by atoms with van der Waals surface area (Å²) in [5.41, 5.74) is 0. The normalized spacial score (nSPS) is 33.5. The summed E-state index contributed by atoms with van der Waals surface area (Å²) in [4.78, 5) is 10.5. The van der Waals surface area contributed by atoms with Crippen LogP contribution in [0.4, 0.5) is 0 Å². The molecule has 4 heteroatoms. The van der Waals surface area contributed by atoms with Crippen molar-refractivity contribution in [3.05, 3.63) is 12.2 Å². The van der Waals surface area contributed by atoms with Crippen molar-refractivity contribution in [2.75, 3.05) is 6.61 Å². The fraction of sp³-hybridized carbons (Fsp3) is 0.850. The van der Waals surface area contributed by atoms with Crippen LogP contribution in [0.1, 0.15) is 70.6 Å². The summed E-state index contributed by atoms with van der Waals surface area (Å²) in [6.07, 6.45) is 17.5. The quantitative estimate of drug-likeness (QED) is 0.466. The molecule has 0 unspecified atom stereocenters. The van der Waals surface area contributed by atoms with Gasteiger partial charge in [-0.25, -0.2) is 0 Å². The monoisotopic (exact) mass is 352 g/mol. The highest BCUT2D eigenvalue weighted by atomic mass is 32.2. The van der Waals surface area contributed by atoms with Crippen molar-refractivity contribution in [3.63, 3.8) is 0 Å². The van der Waals surface area contributed by atoms with Gasteiger partial charge in [0.1, 0.15) is 0 Å². The molecule has 0 aromatic rings. The molecular formula is C20H32O3S. The molecule has 2 heterocycles. The fourth-order valence-electron chi connectivity index (χ4n) is 4.65. The van der Waals surface area contributed by atoms with E-state index < -0.39 is 5.97 Å². The average Bonchev–Trinajstić information content (AvgIpc) is 3.18. The molecule has 1 saturated carbocycles. The van der Waals surface area contributed by atoms with E-state index in [0.717, 1.165) is 48.2 Å². The Bertz CT molecular complexity index is 431. The first-order chi connectivity index (χ1) is 11.7. The van der Waals surface area contributed by atoms with E-state index >= 15 is 0 Å².